The maximum absolute atomic E-state index is 12.4. The molecule has 2 aromatic carbocycles. The van der Waals surface area contributed by atoms with Gasteiger partial charge >= 0.3 is 17.7 Å². The Kier molecular flexibility index (Phi) is 8.11. The van der Waals surface area contributed by atoms with E-state index in [-0.39, 0.29) is 11.8 Å². The predicted molar refractivity (Wildman–Crippen MR) is 121 cm³/mol. The van der Waals surface area contributed by atoms with Crippen molar-refractivity contribution in [3.63, 3.8) is 0 Å². The van der Waals surface area contributed by atoms with E-state index in [0.29, 0.717) is 5.75 Å². The third-order valence-corrected chi connectivity index (χ3v) is 5.42. The Labute approximate surface area is 194 Å². The highest BCUT2D eigenvalue weighted by molar-refractivity contribution is 5.81. The molecule has 0 bridgehead atoms. The largest absolute Gasteiger partial charge is 0.497 e. The molecule has 0 aliphatic rings. The van der Waals surface area contributed by atoms with Crippen molar-refractivity contribution in [1.82, 2.24) is 0 Å². The zero-order valence-electron chi connectivity index (χ0n) is 19.9. The highest BCUT2D eigenvalue weighted by Crippen LogP contribution is 2.33. The van der Waals surface area contributed by atoms with Crippen molar-refractivity contribution in [2.45, 2.75) is 58.0 Å². The second-order valence-corrected chi connectivity index (χ2v) is 8.46. The van der Waals surface area contributed by atoms with Gasteiger partial charge in [0.2, 0.25) is 5.79 Å². The molecule has 0 heterocycles. The number of benzene rings is 2. The van der Waals surface area contributed by atoms with Gasteiger partial charge in [-0.2, -0.15) is 0 Å². The normalized spacial score (nSPS) is 15.0. The molecule has 0 radical (unpaired) electrons. The molecule has 2 atom stereocenters. The zero-order valence-corrected chi connectivity index (χ0v) is 19.9. The van der Waals surface area contributed by atoms with Gasteiger partial charge in [0.25, 0.3) is 0 Å². The third-order valence-electron chi connectivity index (χ3n) is 5.42. The number of hydrogen-bond donors (Lipinski definition) is 2. The van der Waals surface area contributed by atoms with Gasteiger partial charge in [0, 0.05) is 25.7 Å². The van der Waals surface area contributed by atoms with Crippen molar-refractivity contribution in [3.8, 4) is 11.5 Å². The minimum absolute atomic E-state index is 0.0706. The van der Waals surface area contributed by atoms with Crippen LogP contribution in [0.1, 0.15) is 52.2 Å². The Morgan fingerprint density at radius 3 is 1.76 bits per heavy atom. The summed E-state index contributed by atoms with van der Waals surface area (Å²) in [4.78, 5) is 23.8. The summed E-state index contributed by atoms with van der Waals surface area (Å²) in [6.07, 6.45) is 0.0706. The SMILES string of the molecule is CCC(C)(O)OC(=O)C(O)(COc1ccc(C(C)(C)c2ccc(OC)cc2)cc1)OC(C)=O. The first kappa shape index (κ1) is 26.2. The van der Waals surface area contributed by atoms with Crippen molar-refractivity contribution < 1.29 is 38.7 Å². The van der Waals surface area contributed by atoms with Crippen molar-refractivity contribution in [3.05, 3.63) is 59.7 Å². The summed E-state index contributed by atoms with van der Waals surface area (Å²) in [5.41, 5.74) is 1.79. The van der Waals surface area contributed by atoms with Crippen LogP contribution < -0.4 is 9.47 Å². The number of hydrogen-bond acceptors (Lipinski definition) is 8. The number of carbonyl (C=O) groups excluding carboxylic acids is 2. The molecule has 8 heteroatoms. The summed E-state index contributed by atoms with van der Waals surface area (Å²) in [5, 5.41) is 20.5. The topological polar surface area (TPSA) is 112 Å². The zero-order chi connectivity index (χ0) is 24.9. The van der Waals surface area contributed by atoms with Crippen LogP contribution in [0.3, 0.4) is 0 Å². The van der Waals surface area contributed by atoms with Crippen LogP contribution in [-0.2, 0) is 24.5 Å². The second kappa shape index (κ2) is 10.2. The summed E-state index contributed by atoms with van der Waals surface area (Å²) in [6, 6.07) is 14.9. The molecule has 2 aromatic rings. The van der Waals surface area contributed by atoms with Crippen LogP contribution >= 0.6 is 0 Å². The van der Waals surface area contributed by atoms with Gasteiger partial charge in [-0.25, -0.2) is 4.79 Å². The van der Waals surface area contributed by atoms with Gasteiger partial charge < -0.3 is 29.2 Å². The Morgan fingerprint density at radius 2 is 1.33 bits per heavy atom. The van der Waals surface area contributed by atoms with E-state index >= 15 is 0 Å². The van der Waals surface area contributed by atoms with E-state index in [2.05, 4.69) is 13.8 Å². The lowest BCUT2D eigenvalue weighted by atomic mass is 9.78. The lowest BCUT2D eigenvalue weighted by Gasteiger charge is -2.30. The number of carbonyl (C=O) groups is 2. The number of methoxy groups -OCH3 is 1. The maximum atomic E-state index is 12.4. The number of rotatable bonds is 10. The molecule has 0 aliphatic carbocycles. The summed E-state index contributed by atoms with van der Waals surface area (Å²) in [5.74, 6) is -5.68. The number of esters is 2. The van der Waals surface area contributed by atoms with E-state index < -0.39 is 30.1 Å². The fourth-order valence-electron chi connectivity index (χ4n) is 3.04. The maximum Gasteiger partial charge on any atom is 0.385 e. The highest BCUT2D eigenvalue weighted by Gasteiger charge is 2.45. The monoisotopic (exact) mass is 460 g/mol. The van der Waals surface area contributed by atoms with Gasteiger partial charge in [-0.05, 0) is 35.4 Å². The molecule has 8 nitrogen and oxygen atoms in total. The molecule has 180 valence electrons. The fourth-order valence-corrected chi connectivity index (χ4v) is 3.04. The van der Waals surface area contributed by atoms with E-state index in [4.69, 9.17) is 18.9 Å². The fraction of sp³-hybridized carbons (Fsp3) is 0.440. The van der Waals surface area contributed by atoms with Crippen LogP contribution in [-0.4, -0.2) is 47.4 Å². The summed E-state index contributed by atoms with van der Waals surface area (Å²) < 4.78 is 20.4. The second-order valence-electron chi connectivity index (χ2n) is 8.46. The average molecular weight is 461 g/mol. The van der Waals surface area contributed by atoms with Crippen LogP contribution in [0.4, 0.5) is 0 Å². The molecule has 2 rings (SSSR count). The van der Waals surface area contributed by atoms with Crippen LogP contribution in [0.5, 0.6) is 11.5 Å². The van der Waals surface area contributed by atoms with E-state index in [0.717, 1.165) is 23.8 Å². The molecule has 0 amide bonds. The Morgan fingerprint density at radius 1 is 0.848 bits per heavy atom. The first-order valence-electron chi connectivity index (χ1n) is 10.6. The van der Waals surface area contributed by atoms with Crippen molar-refractivity contribution >= 4 is 11.9 Å². The summed E-state index contributed by atoms with van der Waals surface area (Å²) in [6.45, 7) is 7.32. The van der Waals surface area contributed by atoms with Gasteiger partial charge in [-0.3, -0.25) is 4.79 Å². The van der Waals surface area contributed by atoms with Crippen LogP contribution in [0.25, 0.3) is 0 Å². The first-order chi connectivity index (χ1) is 15.3. The van der Waals surface area contributed by atoms with Gasteiger partial charge in [0.05, 0.1) is 7.11 Å². The molecule has 2 unspecified atom stereocenters. The summed E-state index contributed by atoms with van der Waals surface area (Å²) >= 11 is 0. The van der Waals surface area contributed by atoms with E-state index in [1.54, 1.807) is 26.2 Å². The molecule has 0 saturated carbocycles. The Balaban J connectivity index is 2.15. The summed E-state index contributed by atoms with van der Waals surface area (Å²) in [7, 11) is 1.62. The van der Waals surface area contributed by atoms with Gasteiger partial charge in [-0.15, -0.1) is 0 Å². The van der Waals surface area contributed by atoms with Crippen molar-refractivity contribution in [1.29, 1.82) is 0 Å². The van der Waals surface area contributed by atoms with Crippen molar-refractivity contribution in [2.75, 3.05) is 13.7 Å². The van der Waals surface area contributed by atoms with E-state index in [1.165, 1.54) is 6.92 Å². The lowest BCUT2D eigenvalue weighted by Crippen LogP contribution is -2.51. The molecular weight excluding hydrogens is 428 g/mol. The lowest BCUT2D eigenvalue weighted by molar-refractivity contribution is -0.261. The Hall–Kier alpha value is -3.10. The molecule has 0 spiro atoms. The molecule has 0 aromatic heterocycles. The van der Waals surface area contributed by atoms with Gasteiger partial charge in [0.1, 0.15) is 11.5 Å². The van der Waals surface area contributed by atoms with Crippen LogP contribution in [0, 0.1) is 0 Å². The number of aliphatic hydroxyl groups is 2. The van der Waals surface area contributed by atoms with E-state index in [9.17, 15) is 19.8 Å². The Bertz CT molecular complexity index is 947. The van der Waals surface area contributed by atoms with Gasteiger partial charge in [-0.1, -0.05) is 45.0 Å². The third kappa shape index (κ3) is 6.69. The highest BCUT2D eigenvalue weighted by atomic mass is 16.7. The molecule has 0 fully saturated rings. The molecular formula is C25H32O8. The minimum atomic E-state index is -2.72. The quantitative estimate of drug-likeness (QED) is 0.410. The molecule has 0 aliphatic heterocycles. The molecule has 0 saturated heterocycles. The van der Waals surface area contributed by atoms with E-state index in [1.807, 2.05) is 36.4 Å². The predicted octanol–water partition coefficient (Wildman–Crippen LogP) is 3.31. The van der Waals surface area contributed by atoms with Gasteiger partial charge in [0.15, 0.2) is 6.61 Å². The number of ether oxygens (including phenoxy) is 4. The molecule has 2 N–H and O–H groups in total. The minimum Gasteiger partial charge on any atom is -0.497 e. The smallest absolute Gasteiger partial charge is 0.385 e. The average Bonchev–Trinajstić information content (AvgIpc) is 2.77. The van der Waals surface area contributed by atoms with Crippen molar-refractivity contribution in [2.24, 2.45) is 0 Å². The molecule has 33 heavy (non-hydrogen) atoms. The van der Waals surface area contributed by atoms with Crippen LogP contribution in [0.2, 0.25) is 0 Å². The van der Waals surface area contributed by atoms with Crippen LogP contribution in [0.15, 0.2) is 48.5 Å². The first-order valence-corrected chi connectivity index (χ1v) is 10.6. The standard InChI is InChI=1S/C25H32O8/c1-7-24(5,28)33-22(27)25(29,32-17(2)26)16-31-21-14-10-19(11-15-21)23(3,4)18-8-12-20(30-6)13-9-18/h8-15,28-29H,7,16H2,1-6H3.